The summed E-state index contributed by atoms with van der Waals surface area (Å²) in [6.07, 6.45) is 6.10. The van der Waals surface area contributed by atoms with Crippen LogP contribution < -0.4 is 15.4 Å². The van der Waals surface area contributed by atoms with Gasteiger partial charge in [0.05, 0.1) is 19.0 Å². The molecule has 1 amide bonds. The molecule has 0 aliphatic carbocycles. The second-order valence-corrected chi connectivity index (χ2v) is 5.06. The summed E-state index contributed by atoms with van der Waals surface area (Å²) in [5.74, 6) is 0.537. The third-order valence-corrected chi connectivity index (χ3v) is 3.18. The fourth-order valence-corrected chi connectivity index (χ4v) is 2.13. The lowest BCUT2D eigenvalue weighted by molar-refractivity contribution is -0.121. The number of nitrogens with zero attached hydrogens (tertiary/aromatic N) is 3. The summed E-state index contributed by atoms with van der Waals surface area (Å²) in [5.41, 5.74) is 2.03. The van der Waals surface area contributed by atoms with Gasteiger partial charge in [-0.25, -0.2) is 4.98 Å². The highest BCUT2D eigenvalue weighted by Crippen LogP contribution is 2.13. The standard InChI is InChI=1S/C15H21N5O2/c1-11(6-12-4-5-17-15(7-12)22-3)19-13-8-18-20(9-13)10-14(21)16-2/h4-5,7-9,11,19H,6,10H2,1-3H3,(H,16,21)/t11-/m0/s1. The molecule has 2 heterocycles. The smallest absolute Gasteiger partial charge is 0.241 e. The first-order chi connectivity index (χ1) is 10.6. The molecule has 2 aromatic rings. The van der Waals surface area contributed by atoms with Gasteiger partial charge in [-0.1, -0.05) is 0 Å². The highest BCUT2D eigenvalue weighted by molar-refractivity contribution is 5.75. The van der Waals surface area contributed by atoms with Crippen molar-refractivity contribution in [3.63, 3.8) is 0 Å². The summed E-state index contributed by atoms with van der Waals surface area (Å²) in [7, 11) is 3.21. The first-order valence-corrected chi connectivity index (χ1v) is 7.09. The fraction of sp³-hybridized carbons (Fsp3) is 0.400. The van der Waals surface area contributed by atoms with E-state index in [4.69, 9.17) is 4.74 Å². The third kappa shape index (κ3) is 4.47. The van der Waals surface area contributed by atoms with Crippen LogP contribution in [0.4, 0.5) is 5.69 Å². The van der Waals surface area contributed by atoms with E-state index in [1.807, 2.05) is 18.3 Å². The molecule has 0 saturated carbocycles. The van der Waals surface area contributed by atoms with Gasteiger partial charge < -0.3 is 15.4 Å². The number of nitrogens with one attached hydrogen (secondary N) is 2. The predicted octanol–water partition coefficient (Wildman–Crippen LogP) is 1.08. The molecule has 7 heteroatoms. The number of hydrogen-bond acceptors (Lipinski definition) is 5. The van der Waals surface area contributed by atoms with Crippen molar-refractivity contribution in [3.8, 4) is 5.88 Å². The zero-order chi connectivity index (χ0) is 15.9. The second-order valence-electron chi connectivity index (χ2n) is 5.06. The molecular formula is C15H21N5O2. The van der Waals surface area contributed by atoms with Crippen molar-refractivity contribution in [1.82, 2.24) is 20.1 Å². The SMILES string of the molecule is CNC(=O)Cn1cc(N[C@@H](C)Cc2ccnc(OC)c2)cn1. The number of pyridine rings is 1. The van der Waals surface area contributed by atoms with Crippen LogP contribution in [0.1, 0.15) is 12.5 Å². The molecule has 7 nitrogen and oxygen atoms in total. The van der Waals surface area contributed by atoms with E-state index in [9.17, 15) is 4.79 Å². The molecule has 0 aliphatic heterocycles. The van der Waals surface area contributed by atoms with Gasteiger partial charge in [0.25, 0.3) is 0 Å². The molecule has 1 atom stereocenters. The van der Waals surface area contributed by atoms with Crippen LogP contribution in [0.5, 0.6) is 5.88 Å². The van der Waals surface area contributed by atoms with Crippen molar-refractivity contribution in [2.24, 2.45) is 0 Å². The number of amides is 1. The van der Waals surface area contributed by atoms with Gasteiger partial charge in [-0.05, 0) is 25.0 Å². The summed E-state index contributed by atoms with van der Waals surface area (Å²) in [6.45, 7) is 2.30. The van der Waals surface area contributed by atoms with E-state index in [0.29, 0.717) is 5.88 Å². The molecular weight excluding hydrogens is 282 g/mol. The summed E-state index contributed by atoms with van der Waals surface area (Å²) in [6, 6.07) is 4.10. The highest BCUT2D eigenvalue weighted by atomic mass is 16.5. The molecule has 2 N–H and O–H groups in total. The van der Waals surface area contributed by atoms with Crippen LogP contribution in [0, 0.1) is 0 Å². The molecule has 0 aliphatic rings. The van der Waals surface area contributed by atoms with E-state index in [1.54, 1.807) is 31.2 Å². The molecule has 2 aromatic heterocycles. The number of methoxy groups -OCH3 is 1. The van der Waals surface area contributed by atoms with E-state index >= 15 is 0 Å². The van der Waals surface area contributed by atoms with Crippen LogP contribution in [0.15, 0.2) is 30.7 Å². The van der Waals surface area contributed by atoms with Gasteiger partial charge in [-0.3, -0.25) is 9.48 Å². The minimum atomic E-state index is -0.0772. The first-order valence-electron chi connectivity index (χ1n) is 7.09. The molecule has 0 unspecified atom stereocenters. The van der Waals surface area contributed by atoms with E-state index in [-0.39, 0.29) is 18.5 Å². The van der Waals surface area contributed by atoms with Gasteiger partial charge in [0.2, 0.25) is 11.8 Å². The maximum absolute atomic E-state index is 11.3. The quantitative estimate of drug-likeness (QED) is 0.800. The van der Waals surface area contributed by atoms with E-state index in [2.05, 4.69) is 27.6 Å². The minimum absolute atomic E-state index is 0.0772. The second kappa shape index (κ2) is 7.44. The molecule has 0 fully saturated rings. The zero-order valence-electron chi connectivity index (χ0n) is 13.0. The average molecular weight is 303 g/mol. The molecule has 118 valence electrons. The Morgan fingerprint density at radius 1 is 1.50 bits per heavy atom. The number of hydrogen-bond donors (Lipinski definition) is 2. The van der Waals surface area contributed by atoms with Crippen LogP contribution in [-0.2, 0) is 17.8 Å². The number of carbonyl (C=O) groups is 1. The minimum Gasteiger partial charge on any atom is -0.481 e. The Kier molecular flexibility index (Phi) is 5.35. The largest absolute Gasteiger partial charge is 0.481 e. The summed E-state index contributed by atoms with van der Waals surface area (Å²) in [4.78, 5) is 15.4. The molecule has 0 saturated heterocycles. The molecule has 2 rings (SSSR count). The first kappa shape index (κ1) is 15.8. The maximum Gasteiger partial charge on any atom is 0.241 e. The van der Waals surface area contributed by atoms with Gasteiger partial charge in [-0.2, -0.15) is 5.10 Å². The zero-order valence-corrected chi connectivity index (χ0v) is 13.0. The number of ether oxygens (including phenoxy) is 1. The third-order valence-electron chi connectivity index (χ3n) is 3.18. The van der Waals surface area contributed by atoms with Crippen molar-refractivity contribution in [3.05, 3.63) is 36.3 Å². The Labute approximate surface area is 129 Å². The topological polar surface area (TPSA) is 81.1 Å². The van der Waals surface area contributed by atoms with Crippen molar-refractivity contribution >= 4 is 11.6 Å². The lowest BCUT2D eigenvalue weighted by atomic mass is 10.1. The number of carbonyl (C=O) groups excluding carboxylic acids is 1. The van der Waals surface area contributed by atoms with Crippen LogP contribution in [0.25, 0.3) is 0 Å². The molecule has 0 bridgehead atoms. The summed E-state index contributed by atoms with van der Waals surface area (Å²) < 4.78 is 6.72. The number of anilines is 1. The molecule has 0 aromatic carbocycles. The van der Waals surface area contributed by atoms with Crippen molar-refractivity contribution in [2.45, 2.75) is 25.9 Å². The van der Waals surface area contributed by atoms with Crippen molar-refractivity contribution in [1.29, 1.82) is 0 Å². The van der Waals surface area contributed by atoms with Gasteiger partial charge in [0, 0.05) is 31.5 Å². The van der Waals surface area contributed by atoms with Gasteiger partial charge in [0.15, 0.2) is 0 Å². The van der Waals surface area contributed by atoms with Gasteiger partial charge in [-0.15, -0.1) is 0 Å². The number of aromatic nitrogens is 3. The van der Waals surface area contributed by atoms with Crippen LogP contribution in [-0.4, -0.2) is 40.9 Å². The average Bonchev–Trinajstić information content (AvgIpc) is 2.94. The predicted molar refractivity (Wildman–Crippen MR) is 83.9 cm³/mol. The van der Waals surface area contributed by atoms with E-state index in [1.165, 1.54) is 0 Å². The highest BCUT2D eigenvalue weighted by Gasteiger charge is 2.08. The van der Waals surface area contributed by atoms with Crippen LogP contribution in [0.2, 0.25) is 0 Å². The van der Waals surface area contributed by atoms with E-state index in [0.717, 1.165) is 17.7 Å². The summed E-state index contributed by atoms with van der Waals surface area (Å²) >= 11 is 0. The monoisotopic (exact) mass is 303 g/mol. The van der Waals surface area contributed by atoms with Gasteiger partial charge >= 0.3 is 0 Å². The lowest BCUT2D eigenvalue weighted by Crippen LogP contribution is -2.23. The Bertz CT molecular complexity index is 626. The molecule has 0 radical (unpaired) electrons. The Morgan fingerprint density at radius 3 is 3.05 bits per heavy atom. The Hall–Kier alpha value is -2.57. The van der Waals surface area contributed by atoms with Gasteiger partial charge in [0.1, 0.15) is 6.54 Å². The van der Waals surface area contributed by atoms with Crippen molar-refractivity contribution < 1.29 is 9.53 Å². The summed E-state index contributed by atoms with van der Waals surface area (Å²) in [5, 5.41) is 10.1. The van der Waals surface area contributed by atoms with Crippen LogP contribution >= 0.6 is 0 Å². The van der Waals surface area contributed by atoms with Crippen LogP contribution in [0.3, 0.4) is 0 Å². The Morgan fingerprint density at radius 2 is 2.32 bits per heavy atom. The van der Waals surface area contributed by atoms with Crippen molar-refractivity contribution in [2.75, 3.05) is 19.5 Å². The molecule has 22 heavy (non-hydrogen) atoms. The number of rotatable bonds is 7. The maximum atomic E-state index is 11.3. The lowest BCUT2D eigenvalue weighted by Gasteiger charge is -2.14. The number of likely N-dealkylation sites (N-methyl/N-ethyl adjacent to an activating group) is 1. The fourth-order valence-electron chi connectivity index (χ4n) is 2.13. The normalized spacial score (nSPS) is 11.8. The molecule has 0 spiro atoms. The Balaban J connectivity index is 1.91. The van der Waals surface area contributed by atoms with E-state index < -0.39 is 0 Å².